The van der Waals surface area contributed by atoms with Crippen LogP contribution >= 0.6 is 23.2 Å². The van der Waals surface area contributed by atoms with Crippen LogP contribution in [0.4, 0.5) is 0 Å². The number of hydrogen-bond acceptors (Lipinski definition) is 3. The summed E-state index contributed by atoms with van der Waals surface area (Å²) in [6.07, 6.45) is 1.50. The molecule has 0 radical (unpaired) electrons. The fraction of sp³-hybridized carbons (Fsp3) is 0.125. The molecule has 0 saturated carbocycles. The smallest absolute Gasteiger partial charge is 0.248 e. The molecule has 1 aliphatic heterocycles. The number of halogens is 2. The van der Waals surface area contributed by atoms with Crippen molar-refractivity contribution in [3.05, 3.63) is 33.8 Å². The summed E-state index contributed by atoms with van der Waals surface area (Å²) in [6, 6.07) is 5.12. The summed E-state index contributed by atoms with van der Waals surface area (Å²) in [4.78, 5) is 7.94. The Morgan fingerprint density at radius 3 is 2.92 bits per heavy atom. The minimum absolute atomic E-state index is 0.565. The van der Waals surface area contributed by atoms with Crippen LogP contribution in [0.3, 0.4) is 0 Å². The Morgan fingerprint density at radius 2 is 2.23 bits per heavy atom. The van der Waals surface area contributed by atoms with Gasteiger partial charge in [-0.05, 0) is 18.2 Å². The highest BCUT2D eigenvalue weighted by atomic mass is 35.5. The lowest BCUT2D eigenvalue weighted by atomic mass is 10.3. The molecule has 1 aliphatic rings. The van der Waals surface area contributed by atoms with Crippen molar-refractivity contribution < 1.29 is 10.1 Å². The maximum Gasteiger partial charge on any atom is 0.288 e. The minimum atomic E-state index is -1.49. The van der Waals surface area contributed by atoms with Gasteiger partial charge in [0, 0.05) is 10.2 Å². The Morgan fingerprint density at radius 1 is 1.46 bits per heavy atom. The lowest BCUT2D eigenvalue weighted by molar-refractivity contribution is -0.274. The van der Waals surface area contributed by atoms with Gasteiger partial charge in [0.25, 0.3) is 5.18 Å². The Bertz CT molecular complexity index is 460. The van der Waals surface area contributed by atoms with Crippen molar-refractivity contribution in [2.24, 2.45) is 4.99 Å². The number of alkyl halides is 1. The highest BCUT2D eigenvalue weighted by Gasteiger charge is 2.27. The van der Waals surface area contributed by atoms with Crippen molar-refractivity contribution in [1.29, 1.82) is 0 Å². The molecule has 1 aromatic rings. The first-order valence-corrected chi connectivity index (χ1v) is 4.28. The molecular weight excluding hydrogens is 213 g/mol. The molecule has 0 aromatic heterocycles. The average molecular weight is 218 g/mol. The van der Waals surface area contributed by atoms with Gasteiger partial charge in [0.2, 0.25) is 0 Å². The quantitative estimate of drug-likeness (QED) is 0.332. The van der Waals surface area contributed by atoms with Crippen molar-refractivity contribution in [1.82, 2.24) is 0 Å². The normalized spacial score (nSPS) is 24.8. The van der Waals surface area contributed by atoms with E-state index in [1.54, 1.807) is 18.2 Å². The molecule has 0 fully saturated rings. The van der Waals surface area contributed by atoms with Crippen LogP contribution in [0.2, 0.25) is 5.02 Å². The zero-order chi connectivity index (χ0) is 9.47. The van der Waals surface area contributed by atoms with Gasteiger partial charge in [0.05, 0.1) is 5.36 Å². The Balaban J connectivity index is 2.67. The summed E-state index contributed by atoms with van der Waals surface area (Å²) in [5.74, 6) is 0. The molecule has 1 heterocycles. The maximum atomic E-state index is 8.48. The number of nitrogens with zero attached hydrogens (tertiary/aromatic N) is 1. The number of rotatable bonds is 1. The first-order chi connectivity index (χ1) is 6.13. The molecule has 5 heteroatoms. The predicted octanol–water partition coefficient (Wildman–Crippen LogP) is 1.14. The Labute approximate surface area is 83.8 Å². The van der Waals surface area contributed by atoms with Crippen LogP contribution in [-0.4, -0.2) is 10.4 Å². The average Bonchev–Trinajstić information content (AvgIpc) is 2.42. The van der Waals surface area contributed by atoms with Gasteiger partial charge in [0.1, 0.15) is 0 Å². The molecule has 13 heavy (non-hydrogen) atoms. The summed E-state index contributed by atoms with van der Waals surface area (Å²) < 4.78 is 0. The first-order valence-electron chi connectivity index (χ1n) is 3.53. The molecule has 0 saturated heterocycles. The molecule has 68 valence electrons. The summed E-state index contributed by atoms with van der Waals surface area (Å²) >= 11 is 11.5. The summed E-state index contributed by atoms with van der Waals surface area (Å²) in [5, 5.41) is 8.94. The molecule has 0 aliphatic carbocycles. The molecule has 0 amide bonds. The third-order valence-electron chi connectivity index (χ3n) is 1.73. The van der Waals surface area contributed by atoms with Crippen molar-refractivity contribution >= 4 is 29.3 Å². The van der Waals surface area contributed by atoms with Gasteiger partial charge in [0.15, 0.2) is 0 Å². The second kappa shape index (κ2) is 2.96. The molecule has 3 nitrogen and oxygen atoms in total. The second-order valence-corrected chi connectivity index (χ2v) is 3.64. The van der Waals surface area contributed by atoms with Crippen LogP contribution in [0.25, 0.3) is 6.08 Å². The van der Waals surface area contributed by atoms with Crippen molar-refractivity contribution in [2.75, 3.05) is 0 Å². The maximum absolute atomic E-state index is 8.48. The monoisotopic (exact) mass is 217 g/mol. The molecule has 0 spiro atoms. The number of fused-ring (bicyclic) bond motifs is 1. The van der Waals surface area contributed by atoms with Crippen LogP contribution in [0.5, 0.6) is 0 Å². The van der Waals surface area contributed by atoms with E-state index in [2.05, 4.69) is 9.88 Å². The summed E-state index contributed by atoms with van der Waals surface area (Å²) in [5.41, 5.74) is 0. The topological polar surface area (TPSA) is 41.8 Å². The number of hydrogen-bond donors (Lipinski definition) is 1. The van der Waals surface area contributed by atoms with E-state index in [0.717, 1.165) is 5.22 Å². The van der Waals surface area contributed by atoms with Gasteiger partial charge in [-0.15, -0.1) is 0 Å². The molecule has 1 atom stereocenters. The van der Waals surface area contributed by atoms with Crippen LogP contribution in [0.15, 0.2) is 23.2 Å². The highest BCUT2D eigenvalue weighted by molar-refractivity contribution is 6.30. The SMILES string of the molecule is OOC1(Cl)C=c2ccc(Cl)cc2=N1. The van der Waals surface area contributed by atoms with E-state index in [1.807, 2.05) is 0 Å². The lowest BCUT2D eigenvalue weighted by Crippen LogP contribution is -2.20. The van der Waals surface area contributed by atoms with Gasteiger partial charge < -0.3 is 0 Å². The van der Waals surface area contributed by atoms with Gasteiger partial charge in [-0.1, -0.05) is 29.3 Å². The van der Waals surface area contributed by atoms with Crippen molar-refractivity contribution in [3.63, 3.8) is 0 Å². The Kier molecular flexibility index (Phi) is 2.04. The molecular formula is C8H5Cl2NO2. The largest absolute Gasteiger partial charge is 0.288 e. The summed E-state index contributed by atoms with van der Waals surface area (Å²) in [6.45, 7) is 0. The van der Waals surface area contributed by atoms with Crippen molar-refractivity contribution in [2.45, 2.75) is 5.18 Å². The van der Waals surface area contributed by atoms with Crippen LogP contribution in [0, 0.1) is 0 Å². The fourth-order valence-corrected chi connectivity index (χ4v) is 1.55. The zero-order valence-electron chi connectivity index (χ0n) is 6.37. The zero-order valence-corrected chi connectivity index (χ0v) is 7.88. The standard InChI is InChI=1S/C8H5Cl2NO2/c9-6-2-1-5-4-8(10,13-12)11-7(5)3-6/h1-4,12H. The molecule has 1 aromatic carbocycles. The van der Waals surface area contributed by atoms with Gasteiger partial charge in [-0.2, -0.15) is 4.89 Å². The third-order valence-corrected chi connectivity index (χ3v) is 2.22. The molecule has 2 rings (SSSR count). The second-order valence-electron chi connectivity index (χ2n) is 2.66. The van der Waals surface area contributed by atoms with E-state index in [-0.39, 0.29) is 0 Å². The van der Waals surface area contributed by atoms with E-state index in [4.69, 9.17) is 28.5 Å². The fourth-order valence-electron chi connectivity index (χ4n) is 1.17. The van der Waals surface area contributed by atoms with Crippen molar-refractivity contribution in [3.8, 4) is 0 Å². The minimum Gasteiger partial charge on any atom is -0.248 e. The van der Waals surface area contributed by atoms with Crippen LogP contribution < -0.4 is 10.6 Å². The van der Waals surface area contributed by atoms with E-state index in [9.17, 15) is 0 Å². The van der Waals surface area contributed by atoms with Crippen LogP contribution in [0.1, 0.15) is 0 Å². The Hall–Kier alpha value is -0.610. The van der Waals surface area contributed by atoms with E-state index < -0.39 is 5.18 Å². The van der Waals surface area contributed by atoms with E-state index >= 15 is 0 Å². The summed E-state index contributed by atoms with van der Waals surface area (Å²) in [7, 11) is 0. The first kappa shape index (κ1) is 8.97. The highest BCUT2D eigenvalue weighted by Crippen LogP contribution is 2.20. The van der Waals surface area contributed by atoms with E-state index in [0.29, 0.717) is 10.4 Å². The third kappa shape index (κ3) is 1.56. The lowest BCUT2D eigenvalue weighted by Gasteiger charge is -2.08. The molecule has 1 N–H and O–H groups in total. The van der Waals surface area contributed by atoms with Gasteiger partial charge in [-0.25, -0.2) is 10.2 Å². The van der Waals surface area contributed by atoms with Gasteiger partial charge in [-0.3, -0.25) is 0 Å². The van der Waals surface area contributed by atoms with Gasteiger partial charge >= 0.3 is 0 Å². The number of benzene rings is 1. The molecule has 0 bridgehead atoms. The molecule has 1 unspecified atom stereocenters. The van der Waals surface area contributed by atoms with Crippen LogP contribution in [-0.2, 0) is 4.89 Å². The predicted molar refractivity (Wildman–Crippen MR) is 49.0 cm³/mol. The van der Waals surface area contributed by atoms with E-state index in [1.165, 1.54) is 6.08 Å².